The number of nitro groups is 1. The van der Waals surface area contributed by atoms with Crippen LogP contribution in [0, 0.1) is 10.1 Å². The fourth-order valence-electron chi connectivity index (χ4n) is 2.08. The van der Waals surface area contributed by atoms with E-state index < -0.39 is 20.6 Å². The first-order valence-corrected chi connectivity index (χ1v) is 7.93. The minimum atomic E-state index is -3.93. The lowest BCUT2D eigenvalue weighted by atomic mass is 10.2. The number of sulfonamides is 1. The SMILES string of the molecule is Cl.O=[N+]([O-])c1cc(Cl)ccc1S(=O)(=O)NCC1CCCN1. The first-order chi connectivity index (χ1) is 9.40. The summed E-state index contributed by atoms with van der Waals surface area (Å²) in [4.78, 5) is 9.80. The quantitative estimate of drug-likeness (QED) is 0.618. The Morgan fingerprint density at radius 1 is 1.48 bits per heavy atom. The molecule has 0 aromatic heterocycles. The third-order valence-electron chi connectivity index (χ3n) is 3.09. The van der Waals surface area contributed by atoms with Crippen LogP contribution in [0.1, 0.15) is 12.8 Å². The van der Waals surface area contributed by atoms with Crippen molar-refractivity contribution in [3.63, 3.8) is 0 Å². The van der Waals surface area contributed by atoms with Crippen molar-refractivity contribution < 1.29 is 13.3 Å². The highest BCUT2D eigenvalue weighted by Gasteiger charge is 2.27. The van der Waals surface area contributed by atoms with Crippen LogP contribution in [0.5, 0.6) is 0 Å². The van der Waals surface area contributed by atoms with Crippen LogP contribution in [0.3, 0.4) is 0 Å². The molecule has 1 unspecified atom stereocenters. The zero-order valence-electron chi connectivity index (χ0n) is 10.9. The van der Waals surface area contributed by atoms with Crippen molar-refractivity contribution >= 4 is 39.7 Å². The molecule has 1 fully saturated rings. The van der Waals surface area contributed by atoms with Crippen molar-refractivity contribution in [3.05, 3.63) is 33.3 Å². The Morgan fingerprint density at radius 2 is 2.19 bits per heavy atom. The van der Waals surface area contributed by atoms with Gasteiger partial charge in [0.15, 0.2) is 4.90 Å². The molecule has 1 atom stereocenters. The number of hydrogen-bond acceptors (Lipinski definition) is 5. The van der Waals surface area contributed by atoms with Crippen LogP contribution >= 0.6 is 24.0 Å². The maximum Gasteiger partial charge on any atom is 0.290 e. The second-order valence-electron chi connectivity index (χ2n) is 4.51. The zero-order valence-corrected chi connectivity index (χ0v) is 13.3. The molecule has 10 heteroatoms. The second kappa shape index (κ2) is 7.37. The van der Waals surface area contributed by atoms with E-state index in [2.05, 4.69) is 10.0 Å². The Labute approximate surface area is 133 Å². The summed E-state index contributed by atoms with van der Waals surface area (Å²) in [6.45, 7) is 1.07. The lowest BCUT2D eigenvalue weighted by Gasteiger charge is -2.12. The standard InChI is InChI=1S/C11H14ClN3O4S.ClH/c12-8-3-4-11(10(6-8)15(16)17)20(18,19)14-7-9-2-1-5-13-9;/h3-4,6,9,13-14H,1-2,5,7H2;1H. The lowest BCUT2D eigenvalue weighted by molar-refractivity contribution is -0.387. The van der Waals surface area contributed by atoms with Crippen LogP contribution in [-0.2, 0) is 10.0 Å². The Balaban J connectivity index is 0.00000220. The molecule has 1 aromatic rings. The summed E-state index contributed by atoms with van der Waals surface area (Å²) in [5.41, 5.74) is -0.524. The molecular formula is C11H15Cl2N3O4S. The van der Waals surface area contributed by atoms with Crippen molar-refractivity contribution in [2.75, 3.05) is 13.1 Å². The van der Waals surface area contributed by atoms with Crippen LogP contribution in [0.4, 0.5) is 5.69 Å². The largest absolute Gasteiger partial charge is 0.313 e. The number of halogens is 2. The molecule has 2 rings (SSSR count). The summed E-state index contributed by atoms with van der Waals surface area (Å²) in [6.07, 6.45) is 1.87. The molecule has 0 bridgehead atoms. The molecule has 0 spiro atoms. The summed E-state index contributed by atoms with van der Waals surface area (Å²) < 4.78 is 26.7. The van der Waals surface area contributed by atoms with Gasteiger partial charge in [-0.15, -0.1) is 12.4 Å². The molecule has 0 radical (unpaired) electrons. The van der Waals surface area contributed by atoms with E-state index in [0.717, 1.165) is 31.5 Å². The summed E-state index contributed by atoms with van der Waals surface area (Å²) in [6, 6.07) is 3.56. The highest BCUT2D eigenvalue weighted by Crippen LogP contribution is 2.27. The predicted molar refractivity (Wildman–Crippen MR) is 81.6 cm³/mol. The van der Waals surface area contributed by atoms with Gasteiger partial charge in [0.25, 0.3) is 5.69 Å². The van der Waals surface area contributed by atoms with Crippen LogP contribution in [0.2, 0.25) is 5.02 Å². The van der Waals surface area contributed by atoms with Gasteiger partial charge in [0.1, 0.15) is 0 Å². The molecule has 21 heavy (non-hydrogen) atoms. The first-order valence-electron chi connectivity index (χ1n) is 6.07. The van der Waals surface area contributed by atoms with Gasteiger partial charge < -0.3 is 5.32 Å². The predicted octanol–water partition coefficient (Wildman–Crippen LogP) is 1.70. The molecule has 0 amide bonds. The van der Waals surface area contributed by atoms with Gasteiger partial charge in [0.05, 0.1) is 4.92 Å². The molecule has 1 aliphatic heterocycles. The molecule has 7 nitrogen and oxygen atoms in total. The third-order valence-corrected chi connectivity index (χ3v) is 4.80. The monoisotopic (exact) mass is 355 g/mol. The summed E-state index contributed by atoms with van der Waals surface area (Å²) in [5.74, 6) is 0. The van der Waals surface area contributed by atoms with E-state index in [0.29, 0.717) is 0 Å². The van der Waals surface area contributed by atoms with E-state index in [4.69, 9.17) is 11.6 Å². The van der Waals surface area contributed by atoms with E-state index in [9.17, 15) is 18.5 Å². The van der Waals surface area contributed by atoms with Crippen LogP contribution in [0.25, 0.3) is 0 Å². The van der Waals surface area contributed by atoms with Crippen molar-refractivity contribution in [2.45, 2.75) is 23.8 Å². The molecule has 1 aliphatic rings. The molecule has 2 N–H and O–H groups in total. The third kappa shape index (κ3) is 4.52. The van der Waals surface area contributed by atoms with Crippen molar-refractivity contribution in [1.82, 2.24) is 10.0 Å². The Kier molecular flexibility index (Phi) is 6.36. The van der Waals surface area contributed by atoms with Crippen molar-refractivity contribution in [1.29, 1.82) is 0 Å². The van der Waals surface area contributed by atoms with Gasteiger partial charge in [-0.1, -0.05) is 11.6 Å². The Bertz CT molecular complexity index is 618. The average Bonchev–Trinajstić information content (AvgIpc) is 2.89. The van der Waals surface area contributed by atoms with Gasteiger partial charge in [-0.05, 0) is 31.5 Å². The number of nitro benzene ring substituents is 1. The van der Waals surface area contributed by atoms with E-state index in [1.54, 1.807) is 0 Å². The number of hydrogen-bond donors (Lipinski definition) is 2. The molecule has 1 aromatic carbocycles. The van der Waals surface area contributed by atoms with E-state index in [1.165, 1.54) is 6.07 Å². The van der Waals surface area contributed by atoms with Gasteiger partial charge in [0.2, 0.25) is 10.0 Å². The molecule has 118 valence electrons. The van der Waals surface area contributed by atoms with Crippen molar-refractivity contribution in [2.24, 2.45) is 0 Å². The number of nitrogens with zero attached hydrogens (tertiary/aromatic N) is 1. The highest BCUT2D eigenvalue weighted by molar-refractivity contribution is 7.89. The lowest BCUT2D eigenvalue weighted by Crippen LogP contribution is -2.37. The number of rotatable bonds is 5. The maximum absolute atomic E-state index is 12.1. The molecule has 1 heterocycles. The maximum atomic E-state index is 12.1. The van der Waals surface area contributed by atoms with Gasteiger partial charge in [-0.25, -0.2) is 13.1 Å². The summed E-state index contributed by atoms with van der Waals surface area (Å²) in [7, 11) is -3.93. The normalized spacial score (nSPS) is 18.2. The zero-order chi connectivity index (χ0) is 14.8. The molecule has 0 aliphatic carbocycles. The minimum absolute atomic E-state index is 0. The fourth-order valence-corrected chi connectivity index (χ4v) is 3.48. The van der Waals surface area contributed by atoms with Crippen molar-refractivity contribution in [3.8, 4) is 0 Å². The van der Waals surface area contributed by atoms with Gasteiger partial charge >= 0.3 is 0 Å². The molecule has 1 saturated heterocycles. The number of nitrogens with one attached hydrogen (secondary N) is 2. The van der Waals surface area contributed by atoms with Crippen LogP contribution in [0.15, 0.2) is 23.1 Å². The second-order valence-corrected chi connectivity index (χ2v) is 6.69. The van der Waals surface area contributed by atoms with E-state index >= 15 is 0 Å². The van der Waals surface area contributed by atoms with Crippen LogP contribution < -0.4 is 10.0 Å². The Hall–Kier alpha value is -0.930. The fraction of sp³-hybridized carbons (Fsp3) is 0.455. The average molecular weight is 356 g/mol. The van der Waals surface area contributed by atoms with Gasteiger partial charge in [-0.3, -0.25) is 10.1 Å². The molecular weight excluding hydrogens is 341 g/mol. The smallest absolute Gasteiger partial charge is 0.290 e. The number of benzene rings is 1. The summed E-state index contributed by atoms with van der Waals surface area (Å²) in [5, 5.41) is 14.2. The van der Waals surface area contributed by atoms with Gasteiger partial charge in [-0.2, -0.15) is 0 Å². The van der Waals surface area contributed by atoms with E-state index in [-0.39, 0.29) is 34.9 Å². The highest BCUT2D eigenvalue weighted by atomic mass is 35.5. The first kappa shape index (κ1) is 18.1. The Morgan fingerprint density at radius 3 is 2.76 bits per heavy atom. The van der Waals surface area contributed by atoms with Crippen LogP contribution in [-0.4, -0.2) is 32.5 Å². The minimum Gasteiger partial charge on any atom is -0.313 e. The van der Waals surface area contributed by atoms with E-state index in [1.807, 2.05) is 0 Å². The summed E-state index contributed by atoms with van der Waals surface area (Å²) >= 11 is 5.66. The molecule has 0 saturated carbocycles. The van der Waals surface area contributed by atoms with Gasteiger partial charge in [0, 0.05) is 23.7 Å². The topological polar surface area (TPSA) is 101 Å².